The van der Waals surface area contributed by atoms with Gasteiger partial charge in [0.15, 0.2) is 0 Å². The largest absolute Gasteiger partial charge is 0.417 e. The van der Waals surface area contributed by atoms with Crippen LogP contribution in [0.5, 0.6) is 0 Å². The van der Waals surface area contributed by atoms with E-state index in [1.54, 1.807) is 6.07 Å². The maximum absolute atomic E-state index is 12.9. The molecule has 21 heavy (non-hydrogen) atoms. The predicted molar refractivity (Wildman–Crippen MR) is 82.5 cm³/mol. The van der Waals surface area contributed by atoms with Crippen LogP contribution >= 0.6 is 15.9 Å². The second-order valence-electron chi connectivity index (χ2n) is 5.45. The number of likely N-dealkylation sites (tertiary alicyclic amines) is 1. The summed E-state index contributed by atoms with van der Waals surface area (Å²) in [6.07, 6.45) is -1.25. The van der Waals surface area contributed by atoms with Crippen molar-refractivity contribution < 1.29 is 13.2 Å². The van der Waals surface area contributed by atoms with E-state index in [9.17, 15) is 13.2 Å². The number of alkyl halides is 3. The monoisotopic (exact) mass is 364 g/mol. The minimum atomic E-state index is -4.33. The minimum absolute atomic E-state index is 0.0818. The molecule has 0 saturated carbocycles. The number of hydrogen-bond acceptors (Lipinski definition) is 2. The average Bonchev–Trinajstić information content (AvgIpc) is 2.42. The van der Waals surface area contributed by atoms with Crippen molar-refractivity contribution in [3.63, 3.8) is 0 Å². The Bertz CT molecular complexity index is 468. The molecule has 1 aliphatic rings. The van der Waals surface area contributed by atoms with Gasteiger partial charge in [-0.05, 0) is 44.0 Å². The summed E-state index contributed by atoms with van der Waals surface area (Å²) in [5.41, 5.74) is -0.0876. The predicted octanol–water partition coefficient (Wildman–Crippen LogP) is 4.75. The van der Waals surface area contributed by atoms with Gasteiger partial charge < -0.3 is 10.2 Å². The highest BCUT2D eigenvalue weighted by atomic mass is 79.9. The SMILES string of the molecule is CCCN1CCC(Nc2ccc(Br)c(C(F)(F)F)c2)CC1. The van der Waals surface area contributed by atoms with Gasteiger partial charge in [-0.15, -0.1) is 0 Å². The summed E-state index contributed by atoms with van der Waals surface area (Å²) in [7, 11) is 0. The molecule has 1 fully saturated rings. The number of hydrogen-bond donors (Lipinski definition) is 1. The van der Waals surface area contributed by atoms with E-state index < -0.39 is 11.7 Å². The second kappa shape index (κ2) is 7.01. The van der Waals surface area contributed by atoms with Gasteiger partial charge in [0.25, 0.3) is 0 Å². The molecule has 1 N–H and O–H groups in total. The third kappa shape index (κ3) is 4.61. The second-order valence-corrected chi connectivity index (χ2v) is 6.31. The fraction of sp³-hybridized carbons (Fsp3) is 0.600. The number of benzene rings is 1. The molecule has 0 aliphatic carbocycles. The van der Waals surface area contributed by atoms with E-state index in [1.807, 2.05) is 0 Å². The van der Waals surface area contributed by atoms with Gasteiger partial charge in [0.1, 0.15) is 0 Å². The average molecular weight is 365 g/mol. The molecular formula is C15H20BrF3N2. The molecule has 1 aromatic carbocycles. The van der Waals surface area contributed by atoms with Crippen molar-refractivity contribution in [2.24, 2.45) is 0 Å². The molecule has 1 saturated heterocycles. The van der Waals surface area contributed by atoms with Crippen LogP contribution in [0.4, 0.5) is 18.9 Å². The number of nitrogens with one attached hydrogen (secondary N) is 1. The number of rotatable bonds is 4. The lowest BCUT2D eigenvalue weighted by atomic mass is 10.0. The lowest BCUT2D eigenvalue weighted by Crippen LogP contribution is -2.39. The van der Waals surface area contributed by atoms with Crippen LogP contribution in [0.2, 0.25) is 0 Å². The number of halogens is 4. The zero-order chi connectivity index (χ0) is 15.5. The van der Waals surface area contributed by atoms with E-state index in [2.05, 4.69) is 33.1 Å². The van der Waals surface area contributed by atoms with Crippen LogP contribution in [0.25, 0.3) is 0 Å². The Morgan fingerprint density at radius 1 is 1.29 bits per heavy atom. The van der Waals surface area contributed by atoms with Crippen LogP contribution in [0.15, 0.2) is 22.7 Å². The molecule has 2 rings (SSSR count). The van der Waals surface area contributed by atoms with Crippen molar-refractivity contribution in [1.29, 1.82) is 0 Å². The van der Waals surface area contributed by atoms with Crippen LogP contribution in [-0.4, -0.2) is 30.6 Å². The summed E-state index contributed by atoms with van der Waals surface area (Å²) in [6, 6.07) is 4.58. The van der Waals surface area contributed by atoms with Gasteiger partial charge >= 0.3 is 6.18 Å². The molecule has 1 heterocycles. The first-order valence-corrected chi connectivity index (χ1v) is 8.05. The lowest BCUT2D eigenvalue weighted by molar-refractivity contribution is -0.138. The number of piperidine rings is 1. The summed E-state index contributed by atoms with van der Waals surface area (Å²) in [4.78, 5) is 2.40. The van der Waals surface area contributed by atoms with Gasteiger partial charge in [0.2, 0.25) is 0 Å². The first kappa shape index (κ1) is 16.6. The summed E-state index contributed by atoms with van der Waals surface area (Å²) < 4.78 is 38.7. The highest BCUT2D eigenvalue weighted by Gasteiger charge is 2.33. The minimum Gasteiger partial charge on any atom is -0.382 e. The summed E-state index contributed by atoms with van der Waals surface area (Å²) >= 11 is 2.96. The molecular weight excluding hydrogens is 345 g/mol. The molecule has 2 nitrogen and oxygen atoms in total. The van der Waals surface area contributed by atoms with Crippen LogP contribution in [0.1, 0.15) is 31.7 Å². The normalized spacial score (nSPS) is 18.0. The standard InChI is InChI=1S/C15H20BrF3N2/c1-2-7-21-8-5-11(6-9-21)20-12-3-4-14(16)13(10-12)15(17,18)19/h3-4,10-11,20H,2,5-9H2,1H3. The van der Waals surface area contributed by atoms with E-state index in [-0.39, 0.29) is 10.5 Å². The maximum Gasteiger partial charge on any atom is 0.417 e. The number of anilines is 1. The van der Waals surface area contributed by atoms with E-state index in [1.165, 1.54) is 12.1 Å². The highest BCUT2D eigenvalue weighted by Crippen LogP contribution is 2.36. The molecule has 1 aliphatic heterocycles. The highest BCUT2D eigenvalue weighted by molar-refractivity contribution is 9.10. The third-order valence-electron chi connectivity index (χ3n) is 3.77. The van der Waals surface area contributed by atoms with Crippen molar-refractivity contribution in [3.05, 3.63) is 28.2 Å². The van der Waals surface area contributed by atoms with Crippen LogP contribution in [0, 0.1) is 0 Å². The Hall–Kier alpha value is -0.750. The fourth-order valence-corrected chi connectivity index (χ4v) is 3.16. The van der Waals surface area contributed by atoms with Gasteiger partial charge in [-0.3, -0.25) is 0 Å². The molecule has 118 valence electrons. The molecule has 0 spiro atoms. The molecule has 0 bridgehead atoms. The van der Waals surface area contributed by atoms with Crippen LogP contribution in [-0.2, 0) is 6.18 Å². The lowest BCUT2D eigenvalue weighted by Gasteiger charge is -2.32. The Balaban J connectivity index is 1.98. The molecule has 0 amide bonds. The van der Waals surface area contributed by atoms with Crippen LogP contribution < -0.4 is 5.32 Å². The zero-order valence-electron chi connectivity index (χ0n) is 12.0. The van der Waals surface area contributed by atoms with E-state index in [0.29, 0.717) is 5.69 Å². The van der Waals surface area contributed by atoms with Crippen molar-refractivity contribution in [2.75, 3.05) is 25.0 Å². The smallest absolute Gasteiger partial charge is 0.382 e. The van der Waals surface area contributed by atoms with Crippen molar-refractivity contribution >= 4 is 21.6 Å². The van der Waals surface area contributed by atoms with Gasteiger partial charge in [0.05, 0.1) is 5.56 Å². The van der Waals surface area contributed by atoms with Crippen molar-refractivity contribution in [3.8, 4) is 0 Å². The summed E-state index contributed by atoms with van der Waals surface area (Å²) in [6.45, 7) is 5.27. The van der Waals surface area contributed by atoms with E-state index >= 15 is 0 Å². The van der Waals surface area contributed by atoms with Gasteiger partial charge in [-0.2, -0.15) is 13.2 Å². The van der Waals surface area contributed by atoms with Crippen LogP contribution in [0.3, 0.4) is 0 Å². The summed E-state index contributed by atoms with van der Waals surface area (Å²) in [5.74, 6) is 0. The topological polar surface area (TPSA) is 15.3 Å². The molecule has 0 unspecified atom stereocenters. The third-order valence-corrected chi connectivity index (χ3v) is 4.46. The Kier molecular flexibility index (Phi) is 5.54. The number of nitrogens with zero attached hydrogens (tertiary/aromatic N) is 1. The summed E-state index contributed by atoms with van der Waals surface area (Å²) in [5, 5.41) is 3.24. The molecule has 1 aromatic rings. The van der Waals surface area contributed by atoms with Crippen molar-refractivity contribution in [1.82, 2.24) is 4.90 Å². The maximum atomic E-state index is 12.9. The first-order valence-electron chi connectivity index (χ1n) is 7.25. The first-order chi connectivity index (χ1) is 9.90. The van der Waals surface area contributed by atoms with Gasteiger partial charge in [-0.25, -0.2) is 0 Å². The van der Waals surface area contributed by atoms with Gasteiger partial charge in [-0.1, -0.05) is 22.9 Å². The zero-order valence-corrected chi connectivity index (χ0v) is 13.6. The van der Waals surface area contributed by atoms with Gasteiger partial charge in [0, 0.05) is 29.3 Å². The molecule has 0 radical (unpaired) electrons. The van der Waals surface area contributed by atoms with E-state index in [4.69, 9.17) is 0 Å². The molecule has 0 atom stereocenters. The Morgan fingerprint density at radius 2 is 1.95 bits per heavy atom. The Morgan fingerprint density at radius 3 is 2.52 bits per heavy atom. The quantitative estimate of drug-likeness (QED) is 0.828. The Labute approximate surface area is 131 Å². The molecule has 6 heteroatoms. The van der Waals surface area contributed by atoms with E-state index in [0.717, 1.165) is 38.9 Å². The fourth-order valence-electron chi connectivity index (χ4n) is 2.69. The van der Waals surface area contributed by atoms with Crippen molar-refractivity contribution in [2.45, 2.75) is 38.4 Å². The molecule has 0 aromatic heterocycles.